The summed E-state index contributed by atoms with van der Waals surface area (Å²) in [5.41, 5.74) is 2.67. The van der Waals surface area contributed by atoms with Crippen LogP contribution in [0, 0.1) is 6.92 Å². The van der Waals surface area contributed by atoms with Gasteiger partial charge in [-0.15, -0.1) is 0 Å². The Balaban J connectivity index is 2.50. The van der Waals surface area contributed by atoms with Gasteiger partial charge in [0.1, 0.15) is 5.76 Å². The first-order valence-electron chi connectivity index (χ1n) is 5.26. The van der Waals surface area contributed by atoms with Gasteiger partial charge in [0.15, 0.2) is 0 Å². The van der Waals surface area contributed by atoms with E-state index < -0.39 is 0 Å². The Labute approximate surface area is 92.1 Å². The summed E-state index contributed by atoms with van der Waals surface area (Å²) in [6, 6.07) is 8.39. The first-order chi connectivity index (χ1) is 7.24. The van der Waals surface area contributed by atoms with E-state index in [0.29, 0.717) is 6.61 Å². The SMILES string of the molecule is C=C(/C=C/Cc1ccccc1C)OCC. The molecular formula is C14H18O. The van der Waals surface area contributed by atoms with Crippen molar-refractivity contribution in [1.29, 1.82) is 0 Å². The highest BCUT2D eigenvalue weighted by Crippen LogP contribution is 2.08. The maximum Gasteiger partial charge on any atom is 0.111 e. The second-order valence-electron chi connectivity index (χ2n) is 3.43. The molecule has 0 radical (unpaired) electrons. The molecule has 1 nitrogen and oxygen atoms in total. The number of hydrogen-bond acceptors (Lipinski definition) is 1. The molecule has 0 fully saturated rings. The van der Waals surface area contributed by atoms with Gasteiger partial charge in [-0.2, -0.15) is 0 Å². The Hall–Kier alpha value is -1.50. The van der Waals surface area contributed by atoms with E-state index in [9.17, 15) is 0 Å². The van der Waals surface area contributed by atoms with Gasteiger partial charge in [0, 0.05) is 0 Å². The molecule has 0 atom stereocenters. The van der Waals surface area contributed by atoms with Gasteiger partial charge in [-0.05, 0) is 37.5 Å². The Kier molecular flexibility index (Phi) is 4.69. The molecular weight excluding hydrogens is 184 g/mol. The van der Waals surface area contributed by atoms with E-state index in [1.807, 2.05) is 13.0 Å². The van der Waals surface area contributed by atoms with E-state index in [1.54, 1.807) is 0 Å². The molecule has 0 saturated heterocycles. The topological polar surface area (TPSA) is 9.23 Å². The fraction of sp³-hybridized carbons (Fsp3) is 0.286. The molecule has 0 saturated carbocycles. The minimum absolute atomic E-state index is 0.674. The van der Waals surface area contributed by atoms with E-state index in [-0.39, 0.29) is 0 Å². The van der Waals surface area contributed by atoms with Crippen molar-refractivity contribution in [3.05, 3.63) is 59.9 Å². The van der Waals surface area contributed by atoms with Crippen molar-refractivity contribution in [3.63, 3.8) is 0 Å². The first kappa shape index (κ1) is 11.6. The number of aryl methyl sites for hydroxylation is 1. The van der Waals surface area contributed by atoms with Crippen molar-refractivity contribution in [3.8, 4) is 0 Å². The van der Waals surface area contributed by atoms with Crippen molar-refractivity contribution < 1.29 is 4.74 Å². The van der Waals surface area contributed by atoms with Crippen molar-refractivity contribution in [2.24, 2.45) is 0 Å². The van der Waals surface area contributed by atoms with Gasteiger partial charge in [0.25, 0.3) is 0 Å². The maximum atomic E-state index is 5.23. The van der Waals surface area contributed by atoms with Crippen LogP contribution in [0.25, 0.3) is 0 Å². The second-order valence-corrected chi connectivity index (χ2v) is 3.43. The summed E-state index contributed by atoms with van der Waals surface area (Å²) in [6.07, 6.45) is 4.94. The molecule has 0 amide bonds. The van der Waals surface area contributed by atoms with Crippen molar-refractivity contribution >= 4 is 0 Å². The Bertz CT molecular complexity index is 350. The molecule has 0 unspecified atom stereocenters. The van der Waals surface area contributed by atoms with Crippen molar-refractivity contribution in [2.45, 2.75) is 20.3 Å². The summed E-state index contributed by atoms with van der Waals surface area (Å²) in [5, 5.41) is 0. The zero-order valence-corrected chi connectivity index (χ0v) is 9.49. The Morgan fingerprint density at radius 1 is 1.40 bits per heavy atom. The molecule has 0 bridgehead atoms. The zero-order valence-electron chi connectivity index (χ0n) is 9.49. The van der Waals surface area contributed by atoms with E-state index in [1.165, 1.54) is 11.1 Å². The van der Waals surface area contributed by atoms with Crippen molar-refractivity contribution in [1.82, 2.24) is 0 Å². The summed E-state index contributed by atoms with van der Waals surface area (Å²) in [7, 11) is 0. The quantitative estimate of drug-likeness (QED) is 0.523. The summed E-state index contributed by atoms with van der Waals surface area (Å²) in [4.78, 5) is 0. The lowest BCUT2D eigenvalue weighted by Crippen LogP contribution is -1.88. The van der Waals surface area contributed by atoms with Gasteiger partial charge >= 0.3 is 0 Å². The fourth-order valence-electron chi connectivity index (χ4n) is 1.39. The third-order valence-electron chi connectivity index (χ3n) is 2.23. The molecule has 0 aliphatic carbocycles. The van der Waals surface area contributed by atoms with Crippen LogP contribution in [0.4, 0.5) is 0 Å². The number of benzene rings is 1. The largest absolute Gasteiger partial charge is 0.495 e. The molecule has 0 spiro atoms. The number of ether oxygens (including phenoxy) is 1. The molecule has 1 rings (SSSR count). The molecule has 0 aromatic heterocycles. The number of allylic oxidation sites excluding steroid dienone is 2. The van der Waals surface area contributed by atoms with E-state index in [0.717, 1.165) is 12.2 Å². The van der Waals surface area contributed by atoms with E-state index in [4.69, 9.17) is 4.74 Å². The fourth-order valence-corrected chi connectivity index (χ4v) is 1.39. The standard InChI is InChI=1S/C14H18O/c1-4-15-13(3)9-7-11-14-10-6-5-8-12(14)2/h5-10H,3-4,11H2,1-2H3/b9-7+. The number of hydrogen-bond donors (Lipinski definition) is 0. The van der Waals surface area contributed by atoms with Crippen LogP contribution in [-0.2, 0) is 11.2 Å². The van der Waals surface area contributed by atoms with E-state index >= 15 is 0 Å². The van der Waals surface area contributed by atoms with Crippen LogP contribution in [0.15, 0.2) is 48.8 Å². The first-order valence-corrected chi connectivity index (χ1v) is 5.26. The Morgan fingerprint density at radius 3 is 2.80 bits per heavy atom. The van der Waals surface area contributed by atoms with Crippen LogP contribution in [0.1, 0.15) is 18.1 Å². The molecule has 80 valence electrons. The lowest BCUT2D eigenvalue weighted by molar-refractivity contribution is 0.244. The summed E-state index contributed by atoms with van der Waals surface area (Å²) < 4.78 is 5.23. The van der Waals surface area contributed by atoms with Gasteiger partial charge in [-0.3, -0.25) is 0 Å². The van der Waals surface area contributed by atoms with Crippen LogP contribution < -0.4 is 0 Å². The lowest BCUT2D eigenvalue weighted by Gasteiger charge is -2.02. The Morgan fingerprint density at radius 2 is 2.13 bits per heavy atom. The predicted molar refractivity (Wildman–Crippen MR) is 64.8 cm³/mol. The van der Waals surface area contributed by atoms with E-state index in [2.05, 4.69) is 43.8 Å². The van der Waals surface area contributed by atoms with Gasteiger partial charge in [0.2, 0.25) is 0 Å². The minimum atomic E-state index is 0.674. The molecule has 15 heavy (non-hydrogen) atoms. The monoisotopic (exact) mass is 202 g/mol. The van der Waals surface area contributed by atoms with Crippen LogP contribution in [0.5, 0.6) is 0 Å². The van der Waals surface area contributed by atoms with Crippen LogP contribution >= 0.6 is 0 Å². The maximum absolute atomic E-state index is 5.23. The highest BCUT2D eigenvalue weighted by Gasteiger charge is 1.93. The van der Waals surface area contributed by atoms with Gasteiger partial charge < -0.3 is 4.74 Å². The summed E-state index contributed by atoms with van der Waals surface area (Å²) in [5.74, 6) is 0.728. The average Bonchev–Trinajstić information content (AvgIpc) is 2.21. The second kappa shape index (κ2) is 6.07. The molecule has 0 N–H and O–H groups in total. The lowest BCUT2D eigenvalue weighted by atomic mass is 10.1. The third kappa shape index (κ3) is 4.03. The smallest absolute Gasteiger partial charge is 0.111 e. The molecule has 1 aromatic rings. The van der Waals surface area contributed by atoms with Crippen LogP contribution in [0.2, 0.25) is 0 Å². The molecule has 0 heterocycles. The molecule has 0 aliphatic heterocycles. The summed E-state index contributed by atoms with van der Waals surface area (Å²) in [6.45, 7) is 8.55. The third-order valence-corrected chi connectivity index (χ3v) is 2.23. The highest BCUT2D eigenvalue weighted by atomic mass is 16.5. The highest BCUT2D eigenvalue weighted by molar-refractivity contribution is 5.28. The normalized spacial score (nSPS) is 10.5. The average molecular weight is 202 g/mol. The van der Waals surface area contributed by atoms with Crippen LogP contribution in [0.3, 0.4) is 0 Å². The van der Waals surface area contributed by atoms with Gasteiger partial charge in [-0.1, -0.05) is 36.9 Å². The minimum Gasteiger partial charge on any atom is -0.495 e. The molecule has 1 aromatic carbocycles. The number of rotatable bonds is 5. The predicted octanol–water partition coefficient (Wildman–Crippen LogP) is 3.64. The van der Waals surface area contributed by atoms with Gasteiger partial charge in [0.05, 0.1) is 6.61 Å². The molecule has 1 heteroatoms. The van der Waals surface area contributed by atoms with Gasteiger partial charge in [-0.25, -0.2) is 0 Å². The summed E-state index contributed by atoms with van der Waals surface area (Å²) >= 11 is 0. The molecule has 0 aliphatic rings. The van der Waals surface area contributed by atoms with Crippen LogP contribution in [-0.4, -0.2) is 6.61 Å². The van der Waals surface area contributed by atoms with Crippen molar-refractivity contribution in [2.75, 3.05) is 6.61 Å². The zero-order chi connectivity index (χ0) is 11.1.